The number of nitrogens with zero attached hydrogens (tertiary/aromatic N) is 6. The molecule has 0 bridgehead atoms. The summed E-state index contributed by atoms with van der Waals surface area (Å²) in [6, 6.07) is 7.76. The summed E-state index contributed by atoms with van der Waals surface area (Å²) < 4.78 is 1.91. The second kappa shape index (κ2) is 7.22. The molecule has 144 valence electrons. The fraction of sp³-hybridized carbons (Fsp3) is 0.429. The molecule has 2 saturated heterocycles. The summed E-state index contributed by atoms with van der Waals surface area (Å²) in [7, 11) is 0. The van der Waals surface area contributed by atoms with Crippen LogP contribution in [0.2, 0.25) is 0 Å². The van der Waals surface area contributed by atoms with Crippen molar-refractivity contribution >= 4 is 17.2 Å². The summed E-state index contributed by atoms with van der Waals surface area (Å²) in [5, 5.41) is 4.76. The first-order chi connectivity index (χ1) is 13.8. The number of hydrogen-bond donors (Lipinski definition) is 0. The number of piperidine rings is 1. The van der Waals surface area contributed by atoms with Crippen LogP contribution in [-0.2, 0) is 0 Å². The molecule has 5 heterocycles. The molecule has 0 unspecified atom stereocenters. The minimum absolute atomic E-state index is 0.0825. The van der Waals surface area contributed by atoms with E-state index in [1.807, 2.05) is 9.42 Å². The number of amides is 1. The monoisotopic (exact) mass is 376 g/mol. The molecule has 0 aliphatic carbocycles. The van der Waals surface area contributed by atoms with Gasteiger partial charge in [-0.2, -0.15) is 5.10 Å². The van der Waals surface area contributed by atoms with E-state index in [9.17, 15) is 4.79 Å². The van der Waals surface area contributed by atoms with Gasteiger partial charge in [-0.3, -0.25) is 9.78 Å². The molecule has 3 aromatic rings. The van der Waals surface area contributed by atoms with E-state index in [0.29, 0.717) is 11.5 Å². The van der Waals surface area contributed by atoms with E-state index < -0.39 is 0 Å². The number of aromatic nitrogens is 4. The lowest BCUT2D eigenvalue weighted by molar-refractivity contribution is 0.0711. The normalized spacial score (nSPS) is 18.1. The first-order valence-electron chi connectivity index (χ1n) is 10.1. The third-order valence-electron chi connectivity index (χ3n) is 5.88. The third-order valence-corrected chi connectivity index (χ3v) is 5.88. The van der Waals surface area contributed by atoms with Crippen LogP contribution in [0.3, 0.4) is 0 Å². The van der Waals surface area contributed by atoms with Gasteiger partial charge >= 0.3 is 0 Å². The average molecular weight is 376 g/mol. The summed E-state index contributed by atoms with van der Waals surface area (Å²) in [6.45, 7) is 3.72. The average Bonchev–Trinajstić information content (AvgIpc) is 3.43. The zero-order chi connectivity index (χ0) is 18.9. The van der Waals surface area contributed by atoms with E-state index >= 15 is 0 Å². The van der Waals surface area contributed by atoms with Crippen LogP contribution in [0.5, 0.6) is 0 Å². The maximum atomic E-state index is 12.6. The van der Waals surface area contributed by atoms with Gasteiger partial charge in [-0.05, 0) is 49.9 Å². The molecule has 1 amide bonds. The predicted octanol–water partition coefficient (Wildman–Crippen LogP) is 2.74. The van der Waals surface area contributed by atoms with Gasteiger partial charge in [0.1, 0.15) is 0 Å². The number of likely N-dealkylation sites (tertiary alicyclic amines) is 1. The molecular weight excluding hydrogens is 352 g/mol. The van der Waals surface area contributed by atoms with Crippen molar-refractivity contribution in [2.45, 2.75) is 31.6 Å². The fourth-order valence-corrected chi connectivity index (χ4v) is 4.24. The van der Waals surface area contributed by atoms with Crippen molar-refractivity contribution in [2.24, 2.45) is 0 Å². The maximum absolute atomic E-state index is 12.6. The van der Waals surface area contributed by atoms with Gasteiger partial charge in [0.2, 0.25) is 0 Å². The number of anilines is 1. The highest BCUT2D eigenvalue weighted by molar-refractivity contribution is 5.94. The quantitative estimate of drug-likeness (QED) is 0.703. The summed E-state index contributed by atoms with van der Waals surface area (Å²) in [5.74, 6) is 1.28. The number of rotatable bonds is 3. The van der Waals surface area contributed by atoms with Crippen LogP contribution in [0.1, 0.15) is 47.8 Å². The summed E-state index contributed by atoms with van der Waals surface area (Å²) in [5.41, 5.74) is 2.82. The second-order valence-electron chi connectivity index (χ2n) is 7.66. The molecule has 0 radical (unpaired) electrons. The first kappa shape index (κ1) is 17.2. The van der Waals surface area contributed by atoms with Crippen LogP contribution >= 0.6 is 0 Å². The largest absolute Gasteiger partial charge is 0.370 e. The zero-order valence-corrected chi connectivity index (χ0v) is 15.9. The Morgan fingerprint density at radius 1 is 0.964 bits per heavy atom. The van der Waals surface area contributed by atoms with Crippen molar-refractivity contribution in [3.8, 4) is 0 Å². The molecule has 3 aromatic heterocycles. The molecule has 2 fully saturated rings. The van der Waals surface area contributed by atoms with Gasteiger partial charge in [0.15, 0.2) is 11.5 Å². The van der Waals surface area contributed by atoms with Crippen LogP contribution in [0, 0.1) is 0 Å². The van der Waals surface area contributed by atoms with Crippen molar-refractivity contribution in [1.82, 2.24) is 24.5 Å². The van der Waals surface area contributed by atoms with Crippen LogP contribution in [0.15, 0.2) is 42.9 Å². The van der Waals surface area contributed by atoms with Gasteiger partial charge in [-0.15, -0.1) is 0 Å². The van der Waals surface area contributed by atoms with Crippen LogP contribution in [0.4, 0.5) is 5.69 Å². The van der Waals surface area contributed by atoms with Gasteiger partial charge in [0.05, 0.1) is 11.9 Å². The van der Waals surface area contributed by atoms with Crippen molar-refractivity contribution < 1.29 is 4.79 Å². The van der Waals surface area contributed by atoms with E-state index in [1.165, 1.54) is 18.5 Å². The number of pyridine rings is 2. The van der Waals surface area contributed by atoms with E-state index in [2.05, 4.69) is 28.2 Å². The van der Waals surface area contributed by atoms with E-state index in [0.717, 1.165) is 50.5 Å². The highest BCUT2D eigenvalue weighted by Gasteiger charge is 2.27. The number of carbonyl (C=O) groups excluding carboxylic acids is 1. The van der Waals surface area contributed by atoms with E-state index in [-0.39, 0.29) is 5.91 Å². The maximum Gasteiger partial charge on any atom is 0.253 e. The first-order valence-corrected chi connectivity index (χ1v) is 10.1. The smallest absolute Gasteiger partial charge is 0.253 e. The highest BCUT2D eigenvalue weighted by atomic mass is 16.2. The Balaban J connectivity index is 1.28. The SMILES string of the molecule is O=C(c1ccncc1)N1CCC(c2nc3ccc(N4CCCC4)cn3n2)CC1. The van der Waals surface area contributed by atoms with Gasteiger partial charge < -0.3 is 9.80 Å². The molecule has 0 atom stereocenters. The van der Waals surface area contributed by atoms with Gasteiger partial charge in [0.25, 0.3) is 5.91 Å². The molecule has 0 aromatic carbocycles. The highest BCUT2D eigenvalue weighted by Crippen LogP contribution is 2.28. The summed E-state index contributed by atoms with van der Waals surface area (Å²) >= 11 is 0. The van der Waals surface area contributed by atoms with E-state index in [1.54, 1.807) is 24.5 Å². The number of carbonyl (C=O) groups is 1. The molecule has 0 N–H and O–H groups in total. The van der Waals surface area contributed by atoms with Gasteiger partial charge in [0, 0.05) is 50.1 Å². The van der Waals surface area contributed by atoms with E-state index in [4.69, 9.17) is 10.1 Å². The minimum Gasteiger partial charge on any atom is -0.370 e. The molecular formula is C21H24N6O. The van der Waals surface area contributed by atoms with Crippen LogP contribution < -0.4 is 4.90 Å². The Morgan fingerprint density at radius 3 is 2.46 bits per heavy atom. The summed E-state index contributed by atoms with van der Waals surface area (Å²) in [4.78, 5) is 25.7. The molecule has 0 spiro atoms. The van der Waals surface area contributed by atoms with Gasteiger partial charge in [-0.1, -0.05) is 0 Å². The Kier molecular flexibility index (Phi) is 4.43. The molecule has 2 aliphatic rings. The topological polar surface area (TPSA) is 66.6 Å². The third kappa shape index (κ3) is 3.21. The molecule has 7 heteroatoms. The second-order valence-corrected chi connectivity index (χ2v) is 7.66. The molecule has 7 nitrogen and oxygen atoms in total. The molecule has 28 heavy (non-hydrogen) atoms. The molecule has 2 aliphatic heterocycles. The minimum atomic E-state index is 0.0825. The zero-order valence-electron chi connectivity index (χ0n) is 15.9. The lowest BCUT2D eigenvalue weighted by Crippen LogP contribution is -2.38. The van der Waals surface area contributed by atoms with Crippen LogP contribution in [-0.4, -0.2) is 56.6 Å². The molecule has 5 rings (SSSR count). The predicted molar refractivity (Wildman–Crippen MR) is 107 cm³/mol. The Bertz CT molecular complexity index is 971. The Labute approximate surface area is 164 Å². The number of fused-ring (bicyclic) bond motifs is 1. The van der Waals surface area contributed by atoms with Crippen molar-refractivity contribution in [2.75, 3.05) is 31.1 Å². The lowest BCUT2D eigenvalue weighted by atomic mass is 9.96. The Morgan fingerprint density at radius 2 is 1.71 bits per heavy atom. The van der Waals surface area contributed by atoms with Gasteiger partial charge in [-0.25, -0.2) is 9.50 Å². The fourth-order valence-electron chi connectivity index (χ4n) is 4.24. The Hall–Kier alpha value is -2.96. The summed E-state index contributed by atoms with van der Waals surface area (Å²) in [6.07, 6.45) is 9.74. The van der Waals surface area contributed by atoms with Crippen molar-refractivity contribution in [3.63, 3.8) is 0 Å². The molecule has 0 saturated carbocycles. The van der Waals surface area contributed by atoms with Crippen molar-refractivity contribution in [1.29, 1.82) is 0 Å². The van der Waals surface area contributed by atoms with Crippen LogP contribution in [0.25, 0.3) is 5.65 Å². The standard InChI is InChI=1S/C21H24N6O/c28-21(17-5-9-22-10-6-17)26-13-7-16(8-14-26)20-23-19-4-3-18(15-27(19)24-20)25-11-1-2-12-25/h3-6,9-10,15-16H,1-2,7-8,11-14H2. The lowest BCUT2D eigenvalue weighted by Gasteiger charge is -2.30. The number of hydrogen-bond acceptors (Lipinski definition) is 5. The van der Waals surface area contributed by atoms with Crippen molar-refractivity contribution in [3.05, 3.63) is 54.2 Å².